The van der Waals surface area contributed by atoms with Gasteiger partial charge in [0.15, 0.2) is 5.76 Å². The number of rotatable bonds is 3. The predicted octanol–water partition coefficient (Wildman–Crippen LogP) is 0.789. The zero-order chi connectivity index (χ0) is 8.10. The number of hydrogen-bond donors (Lipinski definition) is 0. The molecule has 0 aromatic carbocycles. The molecule has 1 heterocycles. The molecule has 0 fully saturated rings. The second-order valence-electron chi connectivity index (χ2n) is 1.97. The van der Waals surface area contributed by atoms with Crippen molar-refractivity contribution in [3.05, 3.63) is 17.5 Å². The van der Waals surface area contributed by atoms with E-state index in [9.17, 15) is 0 Å². The number of nitriles is 1. The fraction of sp³-hybridized carbons (Fsp3) is 0.286. The third kappa shape index (κ3) is 1.64. The third-order valence-corrected chi connectivity index (χ3v) is 1.26. The fourth-order valence-corrected chi connectivity index (χ4v) is 0.716. The van der Waals surface area contributed by atoms with Crippen molar-refractivity contribution in [2.24, 2.45) is 4.99 Å². The molecule has 1 aromatic heterocycles. The Balaban J connectivity index is 2.70. The molecule has 0 aliphatic heterocycles. The van der Waals surface area contributed by atoms with Gasteiger partial charge in [0, 0.05) is 13.0 Å². The molecule has 4 heteroatoms. The number of nitrogens with zero attached hydrogens (tertiary/aromatic N) is 3. The van der Waals surface area contributed by atoms with E-state index in [1.165, 1.54) is 6.20 Å². The van der Waals surface area contributed by atoms with Gasteiger partial charge >= 0.3 is 0 Å². The van der Waals surface area contributed by atoms with Gasteiger partial charge in [0.05, 0.1) is 6.20 Å². The average molecular weight is 149 g/mol. The van der Waals surface area contributed by atoms with Crippen molar-refractivity contribution in [2.75, 3.05) is 6.54 Å². The van der Waals surface area contributed by atoms with Gasteiger partial charge < -0.3 is 9.52 Å². The van der Waals surface area contributed by atoms with Crippen molar-refractivity contribution in [3.63, 3.8) is 0 Å². The maximum absolute atomic E-state index is 8.51. The van der Waals surface area contributed by atoms with Crippen molar-refractivity contribution in [1.82, 2.24) is 5.16 Å². The zero-order valence-corrected chi connectivity index (χ0v) is 5.95. The van der Waals surface area contributed by atoms with Gasteiger partial charge in [-0.15, -0.1) is 0 Å². The molecule has 11 heavy (non-hydrogen) atoms. The number of aliphatic imine (C=N–C) groups is 1. The summed E-state index contributed by atoms with van der Waals surface area (Å²) in [5, 5.41) is 12.0. The Morgan fingerprint density at radius 1 is 1.82 bits per heavy atom. The van der Waals surface area contributed by atoms with E-state index in [1.54, 1.807) is 0 Å². The van der Waals surface area contributed by atoms with Crippen LogP contribution in [0.3, 0.4) is 0 Å². The molecule has 0 radical (unpaired) electrons. The Morgan fingerprint density at radius 3 is 3.27 bits per heavy atom. The Hall–Kier alpha value is -1.63. The molecule has 0 spiro atoms. The first-order valence-corrected chi connectivity index (χ1v) is 3.14. The van der Waals surface area contributed by atoms with Crippen LogP contribution in [0.1, 0.15) is 11.3 Å². The molecule has 1 rings (SSSR count). The van der Waals surface area contributed by atoms with Gasteiger partial charge in [-0.1, -0.05) is 5.16 Å². The first-order valence-electron chi connectivity index (χ1n) is 3.14. The molecule has 0 unspecified atom stereocenters. The van der Waals surface area contributed by atoms with Crippen LogP contribution in [0.2, 0.25) is 0 Å². The summed E-state index contributed by atoms with van der Waals surface area (Å²) in [7, 11) is 0. The Morgan fingerprint density at radius 2 is 2.64 bits per heavy atom. The molecule has 56 valence electrons. The molecular formula is C7H7N3O. The molecule has 0 bridgehead atoms. The second kappa shape index (κ2) is 3.52. The number of hydrogen-bond acceptors (Lipinski definition) is 4. The predicted molar refractivity (Wildman–Crippen MR) is 39.3 cm³/mol. The van der Waals surface area contributed by atoms with E-state index in [-0.39, 0.29) is 0 Å². The Labute approximate surface area is 64.1 Å². The SMILES string of the molecule is C=NCCc1oncc1C#N. The largest absolute Gasteiger partial charge is 0.360 e. The lowest BCUT2D eigenvalue weighted by Crippen LogP contribution is -1.88. The maximum Gasteiger partial charge on any atom is 0.156 e. The van der Waals surface area contributed by atoms with Gasteiger partial charge in [-0.3, -0.25) is 0 Å². The van der Waals surface area contributed by atoms with E-state index in [0.717, 1.165) is 0 Å². The molecule has 0 amide bonds. The Bertz CT molecular complexity index is 284. The van der Waals surface area contributed by atoms with E-state index in [1.807, 2.05) is 6.07 Å². The smallest absolute Gasteiger partial charge is 0.156 e. The molecule has 0 N–H and O–H groups in total. The van der Waals surface area contributed by atoms with Crippen LogP contribution in [0.15, 0.2) is 15.7 Å². The van der Waals surface area contributed by atoms with E-state index < -0.39 is 0 Å². The van der Waals surface area contributed by atoms with Crippen LogP contribution >= 0.6 is 0 Å². The lowest BCUT2D eigenvalue weighted by molar-refractivity contribution is 0.384. The van der Waals surface area contributed by atoms with Crippen LogP contribution in [0, 0.1) is 11.3 Å². The van der Waals surface area contributed by atoms with Crippen LogP contribution in [-0.4, -0.2) is 18.4 Å². The molecule has 0 aliphatic rings. The van der Waals surface area contributed by atoms with Gasteiger partial charge in [0.25, 0.3) is 0 Å². The van der Waals surface area contributed by atoms with Crippen molar-refractivity contribution in [1.29, 1.82) is 5.26 Å². The van der Waals surface area contributed by atoms with E-state index >= 15 is 0 Å². The van der Waals surface area contributed by atoms with Gasteiger partial charge in [0.2, 0.25) is 0 Å². The van der Waals surface area contributed by atoms with Gasteiger partial charge in [-0.2, -0.15) is 5.26 Å². The summed E-state index contributed by atoms with van der Waals surface area (Å²) < 4.78 is 4.80. The summed E-state index contributed by atoms with van der Waals surface area (Å²) in [6.45, 7) is 3.88. The number of aromatic nitrogens is 1. The van der Waals surface area contributed by atoms with E-state index in [4.69, 9.17) is 9.78 Å². The quantitative estimate of drug-likeness (QED) is 0.597. The molecule has 4 nitrogen and oxygen atoms in total. The highest BCUT2D eigenvalue weighted by molar-refractivity contribution is 5.29. The van der Waals surface area contributed by atoms with Crippen LogP contribution in [0.5, 0.6) is 0 Å². The van der Waals surface area contributed by atoms with E-state index in [0.29, 0.717) is 24.3 Å². The van der Waals surface area contributed by atoms with E-state index in [2.05, 4.69) is 16.9 Å². The third-order valence-electron chi connectivity index (χ3n) is 1.26. The molecular weight excluding hydrogens is 142 g/mol. The second-order valence-corrected chi connectivity index (χ2v) is 1.97. The van der Waals surface area contributed by atoms with Crippen LogP contribution in [0.4, 0.5) is 0 Å². The lowest BCUT2D eigenvalue weighted by Gasteiger charge is -1.88. The summed E-state index contributed by atoms with van der Waals surface area (Å²) in [6, 6.07) is 1.97. The monoisotopic (exact) mass is 149 g/mol. The minimum atomic E-state index is 0.480. The molecule has 0 atom stereocenters. The van der Waals surface area contributed by atoms with Crippen LogP contribution in [-0.2, 0) is 6.42 Å². The highest BCUT2D eigenvalue weighted by Crippen LogP contribution is 2.06. The zero-order valence-electron chi connectivity index (χ0n) is 5.95. The van der Waals surface area contributed by atoms with Crippen molar-refractivity contribution in [2.45, 2.75) is 6.42 Å². The molecule has 0 aliphatic carbocycles. The van der Waals surface area contributed by atoms with Crippen LogP contribution in [0.25, 0.3) is 0 Å². The standard InChI is InChI=1S/C7H7N3O/c1-9-3-2-7-6(4-8)5-10-11-7/h5H,1-3H2. The highest BCUT2D eigenvalue weighted by atomic mass is 16.5. The minimum absolute atomic E-state index is 0.480. The van der Waals surface area contributed by atoms with Gasteiger partial charge in [0.1, 0.15) is 11.6 Å². The summed E-state index contributed by atoms with van der Waals surface area (Å²) in [4.78, 5) is 3.64. The topological polar surface area (TPSA) is 62.2 Å². The normalized spacial score (nSPS) is 9.00. The summed E-state index contributed by atoms with van der Waals surface area (Å²) in [5.74, 6) is 0.583. The molecule has 0 saturated carbocycles. The van der Waals surface area contributed by atoms with Gasteiger partial charge in [-0.25, -0.2) is 0 Å². The average Bonchev–Trinajstić information content (AvgIpc) is 2.47. The summed E-state index contributed by atoms with van der Waals surface area (Å²) in [5.41, 5.74) is 0.480. The van der Waals surface area contributed by atoms with Crippen molar-refractivity contribution in [3.8, 4) is 6.07 Å². The first kappa shape index (κ1) is 7.48. The van der Waals surface area contributed by atoms with Crippen molar-refractivity contribution >= 4 is 6.72 Å². The molecule has 1 aromatic rings. The fourth-order valence-electron chi connectivity index (χ4n) is 0.716. The minimum Gasteiger partial charge on any atom is -0.360 e. The summed E-state index contributed by atoms with van der Waals surface area (Å²) >= 11 is 0. The van der Waals surface area contributed by atoms with Crippen molar-refractivity contribution < 1.29 is 4.52 Å². The first-order chi connectivity index (χ1) is 5.38. The highest BCUT2D eigenvalue weighted by Gasteiger charge is 2.05. The van der Waals surface area contributed by atoms with Gasteiger partial charge in [-0.05, 0) is 6.72 Å². The summed E-state index contributed by atoms with van der Waals surface area (Å²) in [6.07, 6.45) is 1.99. The maximum atomic E-state index is 8.51. The lowest BCUT2D eigenvalue weighted by atomic mass is 10.2. The van der Waals surface area contributed by atoms with Crippen LogP contribution < -0.4 is 0 Å². The Kier molecular flexibility index (Phi) is 2.39. The molecule has 0 saturated heterocycles.